The molecule has 4 nitrogen and oxygen atoms in total. The van der Waals surface area contributed by atoms with E-state index in [-0.39, 0.29) is 17.6 Å². The molecule has 0 saturated carbocycles. The van der Waals surface area contributed by atoms with Crippen molar-refractivity contribution in [2.24, 2.45) is 0 Å². The molecule has 0 aliphatic rings. The number of hydrogen-bond acceptors (Lipinski definition) is 2. The van der Waals surface area contributed by atoms with Gasteiger partial charge in [-0.1, -0.05) is 26.3 Å². The van der Waals surface area contributed by atoms with Crippen LogP contribution in [0.2, 0.25) is 0 Å². The molecule has 3 aromatic rings. The number of unbranched alkanes of at least 4 members (excludes halogenated alkanes) is 1. The number of carbonyl (C=O) groups is 1. The average Bonchev–Trinajstić information content (AvgIpc) is 3.05. The van der Waals surface area contributed by atoms with Crippen LogP contribution in [-0.4, -0.2) is 26.9 Å². The first-order valence-corrected chi connectivity index (χ1v) is 9.84. The predicted molar refractivity (Wildman–Crippen MR) is 106 cm³/mol. The Kier molecular flexibility index (Phi) is 6.56. The number of rotatable bonds is 8. The summed E-state index contributed by atoms with van der Waals surface area (Å²) in [6.45, 7) is 5.04. The van der Waals surface area contributed by atoms with Gasteiger partial charge >= 0.3 is 0 Å². The van der Waals surface area contributed by atoms with Crippen LogP contribution in [0.15, 0.2) is 36.4 Å². The molecule has 0 spiro atoms. The first-order valence-electron chi connectivity index (χ1n) is 9.84. The van der Waals surface area contributed by atoms with Gasteiger partial charge in [-0.25, -0.2) is 18.2 Å². The normalized spacial score (nSPS) is 11.2. The summed E-state index contributed by atoms with van der Waals surface area (Å²) in [5.74, 6) is -1.96. The number of imidazole rings is 1. The van der Waals surface area contributed by atoms with Gasteiger partial charge in [0.2, 0.25) is 0 Å². The van der Waals surface area contributed by atoms with Gasteiger partial charge in [-0.15, -0.1) is 0 Å². The highest BCUT2D eigenvalue weighted by atomic mass is 19.1. The predicted octanol–water partition coefficient (Wildman–Crippen LogP) is 5.31. The van der Waals surface area contributed by atoms with Gasteiger partial charge in [0, 0.05) is 13.1 Å². The van der Waals surface area contributed by atoms with Crippen LogP contribution in [0.4, 0.5) is 13.2 Å². The molecule has 0 fully saturated rings. The molecule has 0 radical (unpaired) electrons. The Morgan fingerprint density at radius 1 is 1.07 bits per heavy atom. The van der Waals surface area contributed by atoms with E-state index in [2.05, 4.69) is 4.98 Å². The SMILES string of the molecule is CCCCN(Cc1nc2c(F)cccc2n1CCC)C(=O)c1cc(F)ccc1F. The average molecular weight is 403 g/mol. The zero-order valence-corrected chi connectivity index (χ0v) is 16.6. The summed E-state index contributed by atoms with van der Waals surface area (Å²) in [7, 11) is 0. The van der Waals surface area contributed by atoms with Crippen LogP contribution >= 0.6 is 0 Å². The standard InChI is InChI=1S/C22H24F3N3O/c1-3-5-12-27(22(29)16-13-15(23)9-10-17(16)24)14-20-26-21-18(25)7-6-8-19(21)28(20)11-4-2/h6-10,13H,3-5,11-12,14H2,1-2H3. The molecular weight excluding hydrogens is 379 g/mol. The minimum absolute atomic E-state index is 0.0862. The van der Waals surface area contributed by atoms with Crippen LogP contribution in [0.25, 0.3) is 11.0 Å². The number of halogens is 3. The molecule has 7 heteroatoms. The quantitative estimate of drug-likeness (QED) is 0.511. The molecule has 3 rings (SSSR count). The highest BCUT2D eigenvalue weighted by molar-refractivity contribution is 5.94. The Bertz CT molecular complexity index is 1020. The number of benzene rings is 2. The number of carbonyl (C=O) groups excluding carboxylic acids is 1. The molecule has 0 aliphatic heterocycles. The summed E-state index contributed by atoms with van der Waals surface area (Å²) in [4.78, 5) is 18.9. The lowest BCUT2D eigenvalue weighted by Crippen LogP contribution is -2.33. The fourth-order valence-electron chi connectivity index (χ4n) is 3.36. The van der Waals surface area contributed by atoms with E-state index in [0.717, 1.165) is 31.0 Å². The van der Waals surface area contributed by atoms with Crippen molar-refractivity contribution in [1.29, 1.82) is 0 Å². The molecule has 1 amide bonds. The number of fused-ring (bicyclic) bond motifs is 1. The maximum Gasteiger partial charge on any atom is 0.257 e. The van der Waals surface area contributed by atoms with Crippen LogP contribution in [0.3, 0.4) is 0 Å². The van der Waals surface area contributed by atoms with Crippen molar-refractivity contribution in [3.63, 3.8) is 0 Å². The summed E-state index contributed by atoms with van der Waals surface area (Å²) < 4.78 is 43.9. The highest BCUT2D eigenvalue weighted by Crippen LogP contribution is 2.22. The number of hydrogen-bond donors (Lipinski definition) is 0. The van der Waals surface area contributed by atoms with Gasteiger partial charge in [-0.3, -0.25) is 4.79 Å². The Balaban J connectivity index is 2.00. The van der Waals surface area contributed by atoms with E-state index in [1.807, 2.05) is 18.4 Å². The molecule has 154 valence electrons. The molecule has 0 N–H and O–H groups in total. The Morgan fingerprint density at radius 2 is 1.86 bits per heavy atom. The summed E-state index contributed by atoms with van der Waals surface area (Å²) in [6, 6.07) is 7.59. The highest BCUT2D eigenvalue weighted by Gasteiger charge is 2.23. The van der Waals surface area contributed by atoms with Crippen molar-refractivity contribution in [3.8, 4) is 0 Å². The van der Waals surface area contributed by atoms with E-state index < -0.39 is 23.4 Å². The van der Waals surface area contributed by atoms with Gasteiger partial charge in [0.25, 0.3) is 5.91 Å². The fourth-order valence-corrected chi connectivity index (χ4v) is 3.36. The second-order valence-corrected chi connectivity index (χ2v) is 6.99. The lowest BCUT2D eigenvalue weighted by Gasteiger charge is -2.23. The minimum Gasteiger partial charge on any atom is -0.331 e. The van der Waals surface area contributed by atoms with Crippen molar-refractivity contribution < 1.29 is 18.0 Å². The van der Waals surface area contributed by atoms with Crippen LogP contribution in [0.5, 0.6) is 0 Å². The van der Waals surface area contributed by atoms with E-state index in [0.29, 0.717) is 30.9 Å². The molecule has 0 aliphatic carbocycles. The third-order valence-electron chi connectivity index (χ3n) is 4.82. The van der Waals surface area contributed by atoms with Gasteiger partial charge in [-0.05, 0) is 43.2 Å². The third-order valence-corrected chi connectivity index (χ3v) is 4.82. The van der Waals surface area contributed by atoms with Gasteiger partial charge in [-0.2, -0.15) is 0 Å². The number of nitrogens with zero attached hydrogens (tertiary/aromatic N) is 3. The number of amides is 1. The van der Waals surface area contributed by atoms with E-state index in [4.69, 9.17) is 0 Å². The number of para-hydroxylation sites is 1. The van der Waals surface area contributed by atoms with E-state index in [1.54, 1.807) is 12.1 Å². The molecule has 2 aromatic carbocycles. The minimum atomic E-state index is -0.772. The number of aryl methyl sites for hydroxylation is 1. The van der Waals surface area contributed by atoms with Crippen molar-refractivity contribution in [1.82, 2.24) is 14.5 Å². The lowest BCUT2D eigenvalue weighted by molar-refractivity contribution is 0.0729. The van der Waals surface area contributed by atoms with Crippen LogP contribution in [-0.2, 0) is 13.1 Å². The van der Waals surface area contributed by atoms with Gasteiger partial charge < -0.3 is 9.47 Å². The Labute approximate surface area is 168 Å². The Hall–Kier alpha value is -2.83. The smallest absolute Gasteiger partial charge is 0.257 e. The maximum absolute atomic E-state index is 14.2. The number of aromatic nitrogens is 2. The van der Waals surface area contributed by atoms with Crippen molar-refractivity contribution in [2.45, 2.75) is 46.2 Å². The van der Waals surface area contributed by atoms with Gasteiger partial charge in [0.05, 0.1) is 17.6 Å². The Morgan fingerprint density at radius 3 is 2.59 bits per heavy atom. The molecule has 1 aromatic heterocycles. The van der Waals surface area contributed by atoms with E-state index in [1.165, 1.54) is 11.0 Å². The van der Waals surface area contributed by atoms with Crippen LogP contribution in [0, 0.1) is 17.5 Å². The fraction of sp³-hybridized carbons (Fsp3) is 0.364. The molecular formula is C22H24F3N3O. The largest absolute Gasteiger partial charge is 0.331 e. The van der Waals surface area contributed by atoms with E-state index in [9.17, 15) is 18.0 Å². The molecule has 0 atom stereocenters. The van der Waals surface area contributed by atoms with Gasteiger partial charge in [0.15, 0.2) is 5.82 Å². The summed E-state index contributed by atoms with van der Waals surface area (Å²) in [5, 5.41) is 0. The zero-order chi connectivity index (χ0) is 21.0. The lowest BCUT2D eigenvalue weighted by atomic mass is 10.1. The first kappa shape index (κ1) is 20.9. The van der Waals surface area contributed by atoms with Crippen molar-refractivity contribution in [3.05, 3.63) is 65.2 Å². The molecule has 0 unspecified atom stereocenters. The van der Waals surface area contributed by atoms with Crippen LogP contribution in [0.1, 0.15) is 49.3 Å². The third kappa shape index (κ3) is 4.44. The first-order chi connectivity index (χ1) is 14.0. The van der Waals surface area contributed by atoms with E-state index >= 15 is 0 Å². The molecule has 0 saturated heterocycles. The monoisotopic (exact) mass is 403 g/mol. The summed E-state index contributed by atoms with van der Waals surface area (Å²) in [6.07, 6.45) is 2.33. The summed E-state index contributed by atoms with van der Waals surface area (Å²) >= 11 is 0. The molecule has 0 bridgehead atoms. The van der Waals surface area contributed by atoms with Crippen molar-refractivity contribution in [2.75, 3.05) is 6.54 Å². The topological polar surface area (TPSA) is 38.1 Å². The van der Waals surface area contributed by atoms with Gasteiger partial charge in [0.1, 0.15) is 23.0 Å². The van der Waals surface area contributed by atoms with Crippen LogP contribution < -0.4 is 0 Å². The maximum atomic E-state index is 14.2. The second-order valence-electron chi connectivity index (χ2n) is 6.99. The molecule has 1 heterocycles. The van der Waals surface area contributed by atoms with Crippen molar-refractivity contribution >= 4 is 16.9 Å². The zero-order valence-electron chi connectivity index (χ0n) is 16.6. The molecule has 29 heavy (non-hydrogen) atoms. The second kappa shape index (κ2) is 9.11. The summed E-state index contributed by atoms with van der Waals surface area (Å²) in [5.41, 5.74) is 0.586.